The molecule has 1 N–H and O–H groups in total. The zero-order valence-corrected chi connectivity index (χ0v) is 13.3. The molecular weight excluding hydrogens is 280 g/mol. The van der Waals surface area contributed by atoms with Crippen molar-refractivity contribution in [3.63, 3.8) is 0 Å². The Labute approximate surface area is 130 Å². The monoisotopic (exact) mass is 302 g/mol. The summed E-state index contributed by atoms with van der Waals surface area (Å²) in [6.07, 6.45) is 3.44. The third kappa shape index (κ3) is 3.81. The molecule has 0 fully saturated rings. The molecule has 0 saturated carbocycles. The molecule has 2 amide bonds. The van der Waals surface area contributed by atoms with E-state index in [4.69, 9.17) is 0 Å². The van der Waals surface area contributed by atoms with Crippen LogP contribution in [0.15, 0.2) is 24.5 Å². The first-order chi connectivity index (χ1) is 10.7. The van der Waals surface area contributed by atoms with Gasteiger partial charge in [-0.3, -0.25) is 0 Å². The van der Waals surface area contributed by atoms with Gasteiger partial charge in [0.25, 0.3) is 0 Å². The molecule has 0 atom stereocenters. The van der Waals surface area contributed by atoms with Crippen LogP contribution in [-0.4, -0.2) is 44.2 Å². The Morgan fingerprint density at radius 1 is 1.27 bits per heavy atom. The fourth-order valence-electron chi connectivity index (χ4n) is 2.32. The highest BCUT2D eigenvalue weighted by Crippen LogP contribution is 2.18. The van der Waals surface area contributed by atoms with Gasteiger partial charge < -0.3 is 10.2 Å². The van der Waals surface area contributed by atoms with E-state index in [1.54, 1.807) is 11.0 Å². The first-order valence-electron chi connectivity index (χ1n) is 7.55. The van der Waals surface area contributed by atoms with Crippen LogP contribution in [0, 0.1) is 6.92 Å². The highest BCUT2D eigenvalue weighted by Gasteiger charge is 2.12. The average Bonchev–Trinajstić information content (AvgIpc) is 3.01. The number of aromatic nitrogens is 4. The number of rotatable bonds is 6. The van der Waals surface area contributed by atoms with E-state index in [0.717, 1.165) is 42.9 Å². The van der Waals surface area contributed by atoms with Crippen LogP contribution in [0.3, 0.4) is 0 Å². The fourth-order valence-corrected chi connectivity index (χ4v) is 2.32. The third-order valence-corrected chi connectivity index (χ3v) is 3.32. The van der Waals surface area contributed by atoms with Gasteiger partial charge >= 0.3 is 6.03 Å². The standard InChI is InChI=1S/C15H22N6O/c1-4-8-20(9-5-2)15(22)17-13-6-7-14(12(3)10-13)21-11-16-18-19-21/h6-7,10-11H,4-5,8-9H2,1-3H3,(H,17,22). The SMILES string of the molecule is CCCN(CCC)C(=O)Nc1ccc(-n2cnnn2)c(C)c1. The molecule has 7 nitrogen and oxygen atoms in total. The number of urea groups is 1. The van der Waals surface area contributed by atoms with Crippen molar-refractivity contribution in [3.05, 3.63) is 30.1 Å². The number of anilines is 1. The molecular formula is C15H22N6O. The van der Waals surface area contributed by atoms with E-state index in [1.807, 2.05) is 30.0 Å². The Balaban J connectivity index is 2.10. The second-order valence-corrected chi connectivity index (χ2v) is 5.17. The van der Waals surface area contributed by atoms with Crippen molar-refractivity contribution in [2.24, 2.45) is 0 Å². The maximum atomic E-state index is 12.3. The zero-order valence-electron chi connectivity index (χ0n) is 13.3. The van der Waals surface area contributed by atoms with E-state index >= 15 is 0 Å². The van der Waals surface area contributed by atoms with Gasteiger partial charge in [0.1, 0.15) is 6.33 Å². The van der Waals surface area contributed by atoms with Crippen LogP contribution in [0.4, 0.5) is 10.5 Å². The van der Waals surface area contributed by atoms with E-state index in [-0.39, 0.29) is 6.03 Å². The minimum atomic E-state index is -0.0572. The van der Waals surface area contributed by atoms with Crippen LogP contribution < -0.4 is 5.32 Å². The van der Waals surface area contributed by atoms with E-state index in [1.165, 1.54) is 0 Å². The number of hydrogen-bond donors (Lipinski definition) is 1. The van der Waals surface area contributed by atoms with Crippen molar-refractivity contribution in [1.82, 2.24) is 25.1 Å². The fraction of sp³-hybridized carbons (Fsp3) is 0.467. The molecule has 0 aliphatic heterocycles. The summed E-state index contributed by atoms with van der Waals surface area (Å²) in [4.78, 5) is 14.1. The minimum absolute atomic E-state index is 0.0572. The van der Waals surface area contributed by atoms with Crippen molar-refractivity contribution < 1.29 is 4.79 Å². The van der Waals surface area contributed by atoms with E-state index in [9.17, 15) is 4.79 Å². The van der Waals surface area contributed by atoms with Crippen molar-refractivity contribution in [3.8, 4) is 5.69 Å². The predicted octanol–water partition coefficient (Wildman–Crippen LogP) is 2.62. The highest BCUT2D eigenvalue weighted by atomic mass is 16.2. The van der Waals surface area contributed by atoms with Crippen molar-refractivity contribution >= 4 is 11.7 Å². The summed E-state index contributed by atoms with van der Waals surface area (Å²) in [5.74, 6) is 0. The number of carbonyl (C=O) groups excluding carboxylic acids is 1. The van der Waals surface area contributed by atoms with E-state index < -0.39 is 0 Å². The lowest BCUT2D eigenvalue weighted by Gasteiger charge is -2.22. The second kappa shape index (κ2) is 7.53. The molecule has 1 aromatic heterocycles. The molecule has 0 radical (unpaired) electrons. The normalized spacial score (nSPS) is 10.5. The molecule has 1 heterocycles. The molecule has 22 heavy (non-hydrogen) atoms. The summed E-state index contributed by atoms with van der Waals surface area (Å²) in [6, 6.07) is 5.62. The Kier molecular flexibility index (Phi) is 5.46. The maximum absolute atomic E-state index is 12.3. The number of nitrogens with zero attached hydrogens (tertiary/aromatic N) is 5. The van der Waals surface area contributed by atoms with E-state index in [2.05, 4.69) is 34.7 Å². The summed E-state index contributed by atoms with van der Waals surface area (Å²) in [5, 5.41) is 14.1. The minimum Gasteiger partial charge on any atom is -0.325 e. The third-order valence-electron chi connectivity index (χ3n) is 3.32. The Bertz CT molecular complexity index is 605. The topological polar surface area (TPSA) is 75.9 Å². The summed E-state index contributed by atoms with van der Waals surface area (Å²) in [6.45, 7) is 7.63. The largest absolute Gasteiger partial charge is 0.325 e. The molecule has 2 aromatic rings. The van der Waals surface area contributed by atoms with Gasteiger partial charge in [0.2, 0.25) is 0 Å². The average molecular weight is 302 g/mol. The van der Waals surface area contributed by atoms with Gasteiger partial charge in [-0.2, -0.15) is 0 Å². The molecule has 0 saturated heterocycles. The Morgan fingerprint density at radius 3 is 2.55 bits per heavy atom. The van der Waals surface area contributed by atoms with Gasteiger partial charge in [-0.15, -0.1) is 5.10 Å². The molecule has 7 heteroatoms. The Hall–Kier alpha value is -2.44. The van der Waals surface area contributed by atoms with Gasteiger partial charge in [-0.25, -0.2) is 9.48 Å². The van der Waals surface area contributed by atoms with Gasteiger partial charge in [0.15, 0.2) is 0 Å². The van der Waals surface area contributed by atoms with Gasteiger partial charge in [-0.05, 0) is 54.0 Å². The smallest absolute Gasteiger partial charge is 0.321 e. The molecule has 2 rings (SSSR count). The number of benzene rings is 1. The van der Waals surface area contributed by atoms with Gasteiger partial charge in [0, 0.05) is 18.8 Å². The lowest BCUT2D eigenvalue weighted by atomic mass is 10.2. The van der Waals surface area contributed by atoms with Crippen LogP contribution >= 0.6 is 0 Å². The zero-order chi connectivity index (χ0) is 15.9. The summed E-state index contributed by atoms with van der Waals surface area (Å²) >= 11 is 0. The van der Waals surface area contributed by atoms with Crippen molar-refractivity contribution in [1.29, 1.82) is 0 Å². The number of carbonyl (C=O) groups is 1. The lowest BCUT2D eigenvalue weighted by molar-refractivity contribution is 0.211. The molecule has 118 valence electrons. The molecule has 0 spiro atoms. The Morgan fingerprint density at radius 2 is 2.00 bits per heavy atom. The van der Waals surface area contributed by atoms with Crippen molar-refractivity contribution in [2.75, 3.05) is 18.4 Å². The van der Waals surface area contributed by atoms with Crippen LogP contribution in [0.25, 0.3) is 5.69 Å². The van der Waals surface area contributed by atoms with E-state index in [0.29, 0.717) is 0 Å². The van der Waals surface area contributed by atoms with Gasteiger partial charge in [0.05, 0.1) is 5.69 Å². The maximum Gasteiger partial charge on any atom is 0.321 e. The molecule has 0 unspecified atom stereocenters. The number of nitrogens with one attached hydrogen (secondary N) is 1. The molecule has 0 bridgehead atoms. The lowest BCUT2D eigenvalue weighted by Crippen LogP contribution is -2.36. The van der Waals surface area contributed by atoms with Crippen LogP contribution in [0.2, 0.25) is 0 Å². The van der Waals surface area contributed by atoms with Crippen LogP contribution in [0.1, 0.15) is 32.3 Å². The van der Waals surface area contributed by atoms with Crippen LogP contribution in [0.5, 0.6) is 0 Å². The molecule has 1 aromatic carbocycles. The first-order valence-corrected chi connectivity index (χ1v) is 7.55. The van der Waals surface area contributed by atoms with Gasteiger partial charge in [-0.1, -0.05) is 13.8 Å². The summed E-state index contributed by atoms with van der Waals surface area (Å²) in [7, 11) is 0. The van der Waals surface area contributed by atoms with Crippen molar-refractivity contribution in [2.45, 2.75) is 33.6 Å². The number of hydrogen-bond acceptors (Lipinski definition) is 4. The van der Waals surface area contributed by atoms with Crippen LogP contribution in [-0.2, 0) is 0 Å². The number of tetrazole rings is 1. The first kappa shape index (κ1) is 15.9. The summed E-state index contributed by atoms with van der Waals surface area (Å²) < 4.78 is 1.60. The number of amides is 2. The quantitative estimate of drug-likeness (QED) is 0.890. The molecule has 0 aliphatic carbocycles. The molecule has 0 aliphatic rings. The summed E-state index contributed by atoms with van der Waals surface area (Å²) in [5.41, 5.74) is 2.65. The predicted molar refractivity (Wildman–Crippen MR) is 85.1 cm³/mol. The highest BCUT2D eigenvalue weighted by molar-refractivity contribution is 5.89. The second-order valence-electron chi connectivity index (χ2n) is 5.17. The number of aryl methyl sites for hydroxylation is 1.